The average molecular weight is 533 g/mol. The first-order valence-corrected chi connectivity index (χ1v) is 12.0. The monoisotopic (exact) mass is 532 g/mol. The van der Waals surface area contributed by atoms with Gasteiger partial charge in [-0.25, -0.2) is 22.0 Å². The number of hydrogen-bond acceptors (Lipinski definition) is 4. The lowest BCUT2D eigenvalue weighted by Crippen LogP contribution is -2.44. The second-order valence-corrected chi connectivity index (χ2v) is 9.32. The Hall–Kier alpha value is -3.71. The second-order valence-electron chi connectivity index (χ2n) is 9.32. The Morgan fingerprint density at radius 3 is 2.45 bits per heavy atom. The summed E-state index contributed by atoms with van der Waals surface area (Å²) in [6, 6.07) is 5.83. The Kier molecular flexibility index (Phi) is 8.17. The largest absolute Gasteiger partial charge is 0.497 e. The average Bonchev–Trinajstić information content (AvgIpc) is 2.89. The molecule has 0 spiro atoms. The molecule has 1 fully saturated rings. The minimum absolute atomic E-state index is 0.0117. The van der Waals surface area contributed by atoms with E-state index in [2.05, 4.69) is 16.8 Å². The summed E-state index contributed by atoms with van der Waals surface area (Å²) in [4.78, 5) is 18.0. The SMILES string of the molecule is COc1ccc2ncc(F)c([C@H](F)CCC3(C(=O)O)CCN(CC#Cc4c(F)cc(F)cc4F)CC3)c2c1. The molecule has 0 aliphatic carbocycles. The molecule has 1 N–H and O–H groups in total. The van der Waals surface area contributed by atoms with Crippen LogP contribution < -0.4 is 4.74 Å². The van der Waals surface area contributed by atoms with E-state index < -0.39 is 46.4 Å². The molecule has 38 heavy (non-hydrogen) atoms. The molecule has 2 heterocycles. The van der Waals surface area contributed by atoms with Crippen LogP contribution in [-0.4, -0.2) is 47.7 Å². The standard InChI is InChI=1S/C28H25F5N2O3/c1-38-18-4-5-25-20(15-18)26(24(33)16-34-25)21(30)6-7-28(27(36)37)8-11-35(12-9-28)10-2-3-19-22(31)13-17(29)14-23(19)32/h4-5,13-16,21H,6-12H2,1H3,(H,36,37)/t21-/m1/s1. The number of carboxylic acids is 1. The van der Waals surface area contributed by atoms with Gasteiger partial charge in [-0.3, -0.25) is 14.7 Å². The van der Waals surface area contributed by atoms with Gasteiger partial charge in [0.05, 0.1) is 36.3 Å². The summed E-state index contributed by atoms with van der Waals surface area (Å²) in [7, 11) is 1.44. The molecular weight excluding hydrogens is 507 g/mol. The van der Waals surface area contributed by atoms with E-state index in [0.29, 0.717) is 36.5 Å². The fourth-order valence-corrected chi connectivity index (χ4v) is 4.77. The minimum atomic E-state index is -1.76. The van der Waals surface area contributed by atoms with Crippen molar-refractivity contribution in [3.63, 3.8) is 0 Å². The first kappa shape index (κ1) is 27.3. The van der Waals surface area contributed by atoms with Crippen molar-refractivity contribution in [2.24, 2.45) is 5.41 Å². The summed E-state index contributed by atoms with van der Waals surface area (Å²) < 4.78 is 75.8. The number of piperidine rings is 1. The number of alkyl halides is 1. The minimum Gasteiger partial charge on any atom is -0.497 e. The Bertz CT molecular complexity index is 1390. The Balaban J connectivity index is 1.42. The second kappa shape index (κ2) is 11.4. The third-order valence-corrected chi connectivity index (χ3v) is 7.05. The molecule has 1 aromatic heterocycles. The fourth-order valence-electron chi connectivity index (χ4n) is 4.77. The van der Waals surface area contributed by atoms with Crippen molar-refractivity contribution in [1.82, 2.24) is 9.88 Å². The lowest BCUT2D eigenvalue weighted by Gasteiger charge is -2.38. The Morgan fingerprint density at radius 2 is 1.82 bits per heavy atom. The van der Waals surface area contributed by atoms with Gasteiger partial charge in [-0.05, 0) is 43.9 Å². The van der Waals surface area contributed by atoms with Gasteiger partial charge >= 0.3 is 5.97 Å². The normalized spacial score (nSPS) is 16.1. The van der Waals surface area contributed by atoms with Crippen LogP contribution in [-0.2, 0) is 4.79 Å². The van der Waals surface area contributed by atoms with Crippen molar-refractivity contribution in [2.75, 3.05) is 26.7 Å². The van der Waals surface area contributed by atoms with Crippen LogP contribution in [0.5, 0.6) is 5.75 Å². The quantitative estimate of drug-likeness (QED) is 0.308. The number of rotatable bonds is 7. The summed E-state index contributed by atoms with van der Waals surface area (Å²) >= 11 is 0. The number of carboxylic acid groups (broad SMARTS) is 1. The summed E-state index contributed by atoms with van der Waals surface area (Å²) in [6.45, 7) is 0.750. The molecule has 0 saturated carbocycles. The van der Waals surface area contributed by atoms with Crippen molar-refractivity contribution in [1.29, 1.82) is 0 Å². The van der Waals surface area contributed by atoms with Crippen LogP contribution in [0.25, 0.3) is 10.9 Å². The van der Waals surface area contributed by atoms with Gasteiger partial charge in [0.15, 0.2) is 0 Å². The number of ether oxygens (including phenoxy) is 1. The van der Waals surface area contributed by atoms with E-state index in [1.54, 1.807) is 12.1 Å². The van der Waals surface area contributed by atoms with E-state index in [-0.39, 0.29) is 43.2 Å². The topological polar surface area (TPSA) is 62.7 Å². The molecule has 0 radical (unpaired) electrons. The van der Waals surface area contributed by atoms with E-state index in [0.717, 1.165) is 6.20 Å². The zero-order chi connectivity index (χ0) is 27.4. The number of likely N-dealkylation sites (tertiary alicyclic amines) is 1. The zero-order valence-corrected chi connectivity index (χ0v) is 20.5. The smallest absolute Gasteiger partial charge is 0.309 e. The van der Waals surface area contributed by atoms with Crippen molar-refractivity contribution in [2.45, 2.75) is 31.9 Å². The number of nitrogens with zero attached hydrogens (tertiary/aromatic N) is 2. The molecule has 1 aliphatic rings. The molecular formula is C28H25F5N2O3. The number of halogens is 5. The number of fused-ring (bicyclic) bond motifs is 1. The molecule has 0 bridgehead atoms. The van der Waals surface area contributed by atoms with Crippen LogP contribution in [0.1, 0.15) is 43.0 Å². The fraction of sp³-hybridized carbons (Fsp3) is 0.357. The van der Waals surface area contributed by atoms with Crippen molar-refractivity contribution < 1.29 is 36.6 Å². The number of aliphatic carboxylic acids is 1. The molecule has 0 amide bonds. The van der Waals surface area contributed by atoms with Gasteiger partial charge in [-0.1, -0.05) is 11.8 Å². The molecule has 200 valence electrons. The maximum absolute atomic E-state index is 15.4. The highest BCUT2D eigenvalue weighted by atomic mass is 19.2. The van der Waals surface area contributed by atoms with E-state index in [1.807, 2.05) is 4.90 Å². The Labute approximate surface area is 216 Å². The summed E-state index contributed by atoms with van der Waals surface area (Å²) in [5.74, 6) is 0.302. The van der Waals surface area contributed by atoms with Gasteiger partial charge in [-0.2, -0.15) is 0 Å². The van der Waals surface area contributed by atoms with E-state index >= 15 is 4.39 Å². The van der Waals surface area contributed by atoms with Crippen molar-refractivity contribution >= 4 is 16.9 Å². The van der Waals surface area contributed by atoms with Crippen molar-refractivity contribution in [3.05, 3.63) is 70.9 Å². The molecule has 0 unspecified atom stereocenters. The summed E-state index contributed by atoms with van der Waals surface area (Å²) in [5, 5.41) is 10.2. The third-order valence-electron chi connectivity index (χ3n) is 7.05. The van der Waals surface area contributed by atoms with Crippen LogP contribution in [0.4, 0.5) is 22.0 Å². The maximum Gasteiger partial charge on any atom is 0.309 e. The first-order chi connectivity index (χ1) is 18.1. The van der Waals surface area contributed by atoms with Crippen LogP contribution in [0.2, 0.25) is 0 Å². The van der Waals surface area contributed by atoms with Gasteiger partial charge < -0.3 is 9.84 Å². The lowest BCUT2D eigenvalue weighted by atomic mass is 9.74. The number of hydrogen-bond donors (Lipinski definition) is 1. The number of carbonyl (C=O) groups is 1. The molecule has 1 atom stereocenters. The third kappa shape index (κ3) is 5.73. The molecule has 2 aromatic carbocycles. The maximum atomic E-state index is 15.4. The summed E-state index contributed by atoms with van der Waals surface area (Å²) in [6.07, 6.45) is -0.627. The van der Waals surface area contributed by atoms with Crippen molar-refractivity contribution in [3.8, 4) is 17.6 Å². The van der Waals surface area contributed by atoms with Crippen LogP contribution in [0.15, 0.2) is 36.5 Å². The van der Waals surface area contributed by atoms with E-state index in [9.17, 15) is 27.5 Å². The van der Waals surface area contributed by atoms with Gasteiger partial charge in [0, 0.05) is 36.2 Å². The number of benzene rings is 2. The predicted octanol–water partition coefficient (Wildman–Crippen LogP) is 5.81. The highest BCUT2D eigenvalue weighted by molar-refractivity contribution is 5.84. The molecule has 3 aromatic rings. The number of pyridine rings is 1. The van der Waals surface area contributed by atoms with Gasteiger partial charge in [-0.15, -0.1) is 0 Å². The number of methoxy groups -OCH3 is 1. The van der Waals surface area contributed by atoms with Gasteiger partial charge in [0.2, 0.25) is 0 Å². The first-order valence-electron chi connectivity index (χ1n) is 12.0. The molecule has 1 aliphatic heterocycles. The van der Waals surface area contributed by atoms with E-state index in [1.165, 1.54) is 13.2 Å². The Morgan fingerprint density at radius 1 is 1.13 bits per heavy atom. The predicted molar refractivity (Wildman–Crippen MR) is 130 cm³/mol. The molecule has 10 heteroatoms. The lowest BCUT2D eigenvalue weighted by molar-refractivity contribution is -0.152. The van der Waals surface area contributed by atoms with Gasteiger partial charge in [0.25, 0.3) is 0 Å². The summed E-state index contributed by atoms with van der Waals surface area (Å²) in [5.41, 5.74) is -1.53. The number of aromatic nitrogens is 1. The molecule has 4 rings (SSSR count). The highest BCUT2D eigenvalue weighted by Crippen LogP contribution is 2.41. The zero-order valence-electron chi connectivity index (χ0n) is 20.5. The van der Waals surface area contributed by atoms with Crippen LogP contribution in [0, 0.1) is 40.5 Å². The van der Waals surface area contributed by atoms with Gasteiger partial charge in [0.1, 0.15) is 35.2 Å². The molecule has 1 saturated heterocycles. The highest BCUT2D eigenvalue weighted by Gasteiger charge is 2.41. The molecule has 5 nitrogen and oxygen atoms in total. The van der Waals surface area contributed by atoms with Crippen LogP contribution in [0.3, 0.4) is 0 Å². The van der Waals surface area contributed by atoms with E-state index in [4.69, 9.17) is 4.74 Å². The van der Waals surface area contributed by atoms with Crippen LogP contribution >= 0.6 is 0 Å².